The summed E-state index contributed by atoms with van der Waals surface area (Å²) in [5.74, 6) is 0.318. The molecule has 1 aromatic carbocycles. The fourth-order valence-electron chi connectivity index (χ4n) is 3.44. The van der Waals surface area contributed by atoms with E-state index in [2.05, 4.69) is 22.2 Å². The molecule has 0 radical (unpaired) electrons. The lowest BCUT2D eigenvalue weighted by Crippen LogP contribution is -2.20. The molecule has 0 unspecified atom stereocenters. The summed E-state index contributed by atoms with van der Waals surface area (Å²) in [6, 6.07) is 5.32. The number of rotatable bonds is 20. The van der Waals surface area contributed by atoms with Crippen LogP contribution in [0.2, 0.25) is 10.0 Å². The van der Waals surface area contributed by atoms with E-state index in [4.69, 9.17) is 42.8 Å². The van der Waals surface area contributed by atoms with Crippen LogP contribution in [0.15, 0.2) is 23.0 Å². The van der Waals surface area contributed by atoms with Gasteiger partial charge in [0.05, 0.1) is 42.2 Å². The second kappa shape index (κ2) is 18.3. The maximum Gasteiger partial charge on any atom is 0.256 e. The van der Waals surface area contributed by atoms with E-state index in [1.807, 2.05) is 6.07 Å². The van der Waals surface area contributed by atoms with Crippen molar-refractivity contribution in [3.63, 3.8) is 0 Å². The van der Waals surface area contributed by atoms with E-state index in [0.29, 0.717) is 73.3 Å². The summed E-state index contributed by atoms with van der Waals surface area (Å²) in [5, 5.41) is 11.7. The van der Waals surface area contributed by atoms with Crippen LogP contribution in [0.3, 0.4) is 0 Å². The molecule has 0 fully saturated rings. The monoisotopic (exact) mass is 540 g/mol. The third-order valence-corrected chi connectivity index (χ3v) is 6.22. The van der Waals surface area contributed by atoms with Crippen molar-refractivity contribution in [3.05, 3.63) is 55.4 Å². The first kappa shape index (κ1) is 30.3. The Balaban J connectivity index is 1.60. The molecule has 0 aliphatic carbocycles. The van der Waals surface area contributed by atoms with Gasteiger partial charge < -0.3 is 24.9 Å². The number of aromatic nitrogens is 2. The molecular formula is C26H38Cl2N4O4. The highest BCUT2D eigenvalue weighted by atomic mass is 35.5. The number of hydrogen-bond acceptors (Lipinski definition) is 7. The fourth-order valence-corrected chi connectivity index (χ4v) is 3.76. The van der Waals surface area contributed by atoms with Gasteiger partial charge in [-0.2, -0.15) is 0 Å². The minimum absolute atomic E-state index is 0.223. The van der Waals surface area contributed by atoms with Gasteiger partial charge in [-0.05, 0) is 43.4 Å². The molecule has 0 atom stereocenters. The first-order valence-corrected chi connectivity index (χ1v) is 13.4. The number of unbranched alkanes of at least 4 members (excludes halogenated alkanes) is 4. The molecule has 0 spiro atoms. The molecule has 0 aliphatic rings. The summed E-state index contributed by atoms with van der Waals surface area (Å²) in [5.41, 5.74) is 1.60. The third-order valence-electron chi connectivity index (χ3n) is 5.48. The van der Waals surface area contributed by atoms with Crippen molar-refractivity contribution >= 4 is 35.4 Å². The zero-order valence-corrected chi connectivity index (χ0v) is 22.6. The van der Waals surface area contributed by atoms with Crippen molar-refractivity contribution in [2.75, 3.05) is 45.0 Å². The van der Waals surface area contributed by atoms with Crippen molar-refractivity contribution < 1.29 is 14.2 Å². The van der Waals surface area contributed by atoms with E-state index in [0.717, 1.165) is 56.9 Å². The molecule has 2 aromatic rings. The predicted molar refractivity (Wildman–Crippen MR) is 146 cm³/mol. The predicted octanol–water partition coefficient (Wildman–Crippen LogP) is 5.64. The fraction of sp³-hybridized carbons (Fsp3) is 0.577. The number of nitrogens with one attached hydrogen (secondary N) is 3. The molecule has 1 heterocycles. The van der Waals surface area contributed by atoms with Crippen LogP contribution in [0, 0.1) is 5.41 Å². The molecule has 8 nitrogen and oxygen atoms in total. The molecule has 0 saturated heterocycles. The van der Waals surface area contributed by atoms with Crippen LogP contribution in [0.5, 0.6) is 0 Å². The summed E-state index contributed by atoms with van der Waals surface area (Å²) < 4.78 is 16.5. The zero-order chi connectivity index (χ0) is 26.0. The van der Waals surface area contributed by atoms with Crippen LogP contribution in [0.4, 0.5) is 5.95 Å². The van der Waals surface area contributed by atoms with Gasteiger partial charge in [0.1, 0.15) is 0 Å². The average molecular weight is 542 g/mol. The van der Waals surface area contributed by atoms with E-state index >= 15 is 0 Å². The van der Waals surface area contributed by atoms with Crippen LogP contribution in [0.1, 0.15) is 62.3 Å². The van der Waals surface area contributed by atoms with Crippen molar-refractivity contribution in [2.24, 2.45) is 0 Å². The Kier molecular flexibility index (Phi) is 15.4. The van der Waals surface area contributed by atoms with Gasteiger partial charge in [-0.1, -0.05) is 55.5 Å². The molecule has 3 N–H and O–H groups in total. The van der Waals surface area contributed by atoms with Gasteiger partial charge in [0.25, 0.3) is 5.56 Å². The van der Waals surface area contributed by atoms with Crippen LogP contribution in [-0.2, 0) is 27.2 Å². The van der Waals surface area contributed by atoms with Crippen LogP contribution < -0.4 is 10.9 Å². The lowest BCUT2D eigenvalue weighted by Gasteiger charge is -2.10. The van der Waals surface area contributed by atoms with Crippen molar-refractivity contribution in [1.29, 1.82) is 5.41 Å². The first-order valence-electron chi connectivity index (χ1n) is 12.6. The van der Waals surface area contributed by atoms with Crippen LogP contribution in [0.25, 0.3) is 0 Å². The van der Waals surface area contributed by atoms with E-state index < -0.39 is 0 Å². The molecule has 0 aliphatic heterocycles. The Labute approximate surface area is 223 Å². The number of halogens is 2. The van der Waals surface area contributed by atoms with E-state index in [9.17, 15) is 4.79 Å². The van der Waals surface area contributed by atoms with Crippen molar-refractivity contribution in [2.45, 2.75) is 58.4 Å². The number of H-pyrrole nitrogens is 1. The normalized spacial score (nSPS) is 11.1. The van der Waals surface area contributed by atoms with Gasteiger partial charge in [0.2, 0.25) is 5.95 Å². The minimum Gasteiger partial charge on any atom is -0.379 e. The largest absolute Gasteiger partial charge is 0.379 e. The van der Waals surface area contributed by atoms with Crippen molar-refractivity contribution in [3.8, 4) is 0 Å². The van der Waals surface area contributed by atoms with Gasteiger partial charge in [0, 0.05) is 31.5 Å². The highest BCUT2D eigenvalue weighted by Gasteiger charge is 2.10. The third kappa shape index (κ3) is 11.8. The quantitative estimate of drug-likeness (QED) is 0.148. The lowest BCUT2D eigenvalue weighted by molar-refractivity contribution is 0.0134. The number of benzene rings is 1. The SMILES string of the molecule is CCCCOCCOCCOCCCCCCc1c(C=N)nc(NCc2ccc(Cl)c(Cl)c2)[nH]c1=O. The number of ether oxygens (including phenoxy) is 3. The highest BCUT2D eigenvalue weighted by molar-refractivity contribution is 6.42. The Morgan fingerprint density at radius 2 is 1.61 bits per heavy atom. The number of anilines is 1. The smallest absolute Gasteiger partial charge is 0.256 e. The average Bonchev–Trinajstić information content (AvgIpc) is 2.87. The molecule has 0 bridgehead atoms. The zero-order valence-electron chi connectivity index (χ0n) is 21.0. The second-order valence-electron chi connectivity index (χ2n) is 8.38. The summed E-state index contributed by atoms with van der Waals surface area (Å²) in [7, 11) is 0. The molecule has 10 heteroatoms. The van der Waals surface area contributed by atoms with Gasteiger partial charge in [0.15, 0.2) is 0 Å². The maximum atomic E-state index is 12.6. The summed E-state index contributed by atoms with van der Waals surface area (Å²) in [4.78, 5) is 19.7. The molecular weight excluding hydrogens is 503 g/mol. The Hall–Kier alpha value is -1.97. The van der Waals surface area contributed by atoms with Gasteiger partial charge in [-0.15, -0.1) is 0 Å². The minimum atomic E-state index is -0.223. The molecule has 0 saturated carbocycles. The molecule has 36 heavy (non-hydrogen) atoms. The van der Waals surface area contributed by atoms with Gasteiger partial charge >= 0.3 is 0 Å². The Morgan fingerprint density at radius 3 is 2.28 bits per heavy atom. The molecule has 200 valence electrons. The standard InChI is InChI=1S/C26H38Cl2N4O4/c1-2-3-11-34-13-15-36-16-14-35-12-7-5-4-6-8-21-24(18-29)31-26(32-25(21)33)30-19-20-9-10-22(27)23(28)17-20/h9-10,17-18,29H,2-8,11-16,19H2,1H3,(H2,30,31,32,33). The molecule has 1 aromatic heterocycles. The van der Waals surface area contributed by atoms with E-state index in [1.54, 1.807) is 12.1 Å². The van der Waals surface area contributed by atoms with E-state index in [1.165, 1.54) is 0 Å². The number of aromatic amines is 1. The number of hydrogen-bond donors (Lipinski definition) is 3. The summed E-state index contributed by atoms with van der Waals surface area (Å²) in [6.45, 7) is 6.46. The summed E-state index contributed by atoms with van der Waals surface area (Å²) in [6.07, 6.45) is 7.74. The maximum absolute atomic E-state index is 12.6. The summed E-state index contributed by atoms with van der Waals surface area (Å²) >= 11 is 12.0. The molecule has 0 amide bonds. The Bertz CT molecular complexity index is 971. The van der Waals surface area contributed by atoms with E-state index in [-0.39, 0.29) is 5.56 Å². The number of nitrogens with zero attached hydrogens (tertiary/aromatic N) is 1. The molecule has 2 rings (SSSR count). The second-order valence-corrected chi connectivity index (χ2v) is 9.19. The highest BCUT2D eigenvalue weighted by Crippen LogP contribution is 2.22. The Morgan fingerprint density at radius 1 is 0.944 bits per heavy atom. The topological polar surface area (TPSA) is 109 Å². The lowest BCUT2D eigenvalue weighted by atomic mass is 10.1. The van der Waals surface area contributed by atoms with Gasteiger partial charge in [-0.25, -0.2) is 4.98 Å². The van der Waals surface area contributed by atoms with Gasteiger partial charge in [-0.3, -0.25) is 9.78 Å². The van der Waals surface area contributed by atoms with Crippen LogP contribution >= 0.6 is 23.2 Å². The van der Waals surface area contributed by atoms with Crippen molar-refractivity contribution in [1.82, 2.24) is 9.97 Å². The first-order chi connectivity index (χ1) is 17.5. The van der Waals surface area contributed by atoms with Crippen LogP contribution in [-0.4, -0.2) is 55.8 Å².